The summed E-state index contributed by atoms with van der Waals surface area (Å²) in [5.41, 5.74) is 2.99. The molecule has 6 heteroatoms. The molecule has 0 aliphatic carbocycles. The maximum atomic E-state index is 13.4. The number of carbonyl (C=O) groups is 1. The molecule has 3 aliphatic heterocycles. The van der Waals surface area contributed by atoms with Crippen molar-refractivity contribution in [3.05, 3.63) is 53.1 Å². The zero-order valence-electron chi connectivity index (χ0n) is 15.7. The van der Waals surface area contributed by atoms with E-state index in [9.17, 15) is 9.90 Å². The van der Waals surface area contributed by atoms with Crippen LogP contribution in [0.15, 0.2) is 36.4 Å². The van der Waals surface area contributed by atoms with Crippen LogP contribution in [0.5, 0.6) is 28.7 Å². The molecule has 144 valence electrons. The summed E-state index contributed by atoms with van der Waals surface area (Å²) < 4.78 is 23.2. The Morgan fingerprint density at radius 1 is 1.25 bits per heavy atom. The maximum absolute atomic E-state index is 13.4. The fourth-order valence-electron chi connectivity index (χ4n) is 4.19. The molecule has 3 unspecified atom stereocenters. The van der Waals surface area contributed by atoms with Crippen molar-refractivity contribution in [3.63, 3.8) is 0 Å². The molecule has 2 aromatic rings. The van der Waals surface area contributed by atoms with E-state index in [1.165, 1.54) is 13.2 Å². The molecule has 0 amide bonds. The van der Waals surface area contributed by atoms with E-state index in [0.717, 1.165) is 16.9 Å². The fraction of sp³-hybridized carbons (Fsp3) is 0.318. The predicted molar refractivity (Wildman–Crippen MR) is 101 cm³/mol. The van der Waals surface area contributed by atoms with Crippen molar-refractivity contribution in [2.24, 2.45) is 0 Å². The second-order valence-electron chi connectivity index (χ2n) is 7.45. The smallest absolute Gasteiger partial charge is 0.178 e. The van der Waals surface area contributed by atoms with E-state index in [1.54, 1.807) is 12.1 Å². The lowest BCUT2D eigenvalue weighted by Gasteiger charge is -2.37. The Morgan fingerprint density at radius 2 is 2.07 bits per heavy atom. The number of rotatable bonds is 2. The number of methoxy groups -OCH3 is 1. The monoisotopic (exact) mass is 380 g/mol. The Labute approximate surface area is 162 Å². The van der Waals surface area contributed by atoms with Gasteiger partial charge in [0.2, 0.25) is 0 Å². The molecule has 2 aromatic carbocycles. The molecule has 0 bridgehead atoms. The number of ketones is 1. The minimum absolute atomic E-state index is 0.0317. The summed E-state index contributed by atoms with van der Waals surface area (Å²) in [7, 11) is 1.47. The van der Waals surface area contributed by atoms with E-state index >= 15 is 0 Å². The number of carbonyl (C=O) groups excluding carboxylic acids is 1. The number of fused-ring (bicyclic) bond motifs is 6. The molecule has 3 aliphatic rings. The van der Waals surface area contributed by atoms with E-state index in [0.29, 0.717) is 34.8 Å². The van der Waals surface area contributed by atoms with Gasteiger partial charge in [0.05, 0.1) is 18.6 Å². The third-order valence-corrected chi connectivity index (χ3v) is 5.66. The van der Waals surface area contributed by atoms with Gasteiger partial charge in [-0.3, -0.25) is 4.79 Å². The van der Waals surface area contributed by atoms with Crippen LogP contribution in [-0.4, -0.2) is 36.8 Å². The second-order valence-corrected chi connectivity index (χ2v) is 7.45. The SMILES string of the molecule is C=C(C)C1Cc2c(ccc3c2OC2COc4cc(OC)c(O)cc4C2C3=O)O1. The Hall–Kier alpha value is -3.15. The number of ether oxygens (including phenoxy) is 4. The van der Waals surface area contributed by atoms with Crippen molar-refractivity contribution in [2.75, 3.05) is 13.7 Å². The minimum Gasteiger partial charge on any atom is -0.504 e. The van der Waals surface area contributed by atoms with Crippen LogP contribution < -0.4 is 18.9 Å². The van der Waals surface area contributed by atoms with E-state index in [-0.39, 0.29) is 24.2 Å². The Morgan fingerprint density at radius 3 is 2.82 bits per heavy atom. The first-order chi connectivity index (χ1) is 13.5. The number of hydrogen-bond acceptors (Lipinski definition) is 6. The number of phenols is 1. The first-order valence-electron chi connectivity index (χ1n) is 9.20. The summed E-state index contributed by atoms with van der Waals surface area (Å²) in [5, 5.41) is 10.2. The van der Waals surface area contributed by atoms with Gasteiger partial charge in [0, 0.05) is 23.6 Å². The lowest BCUT2D eigenvalue weighted by Crippen LogP contribution is -2.43. The highest BCUT2D eigenvalue weighted by molar-refractivity contribution is 6.06. The van der Waals surface area contributed by atoms with Crippen molar-refractivity contribution in [3.8, 4) is 28.7 Å². The van der Waals surface area contributed by atoms with E-state index < -0.39 is 12.0 Å². The van der Waals surface area contributed by atoms with Gasteiger partial charge in [-0.05, 0) is 30.7 Å². The average molecular weight is 380 g/mol. The number of hydrogen-bond donors (Lipinski definition) is 1. The van der Waals surface area contributed by atoms with Crippen LogP contribution in [0.4, 0.5) is 0 Å². The summed E-state index contributed by atoms with van der Waals surface area (Å²) in [6.45, 7) is 6.14. The van der Waals surface area contributed by atoms with E-state index in [4.69, 9.17) is 18.9 Å². The molecule has 3 atom stereocenters. The predicted octanol–water partition coefficient (Wildman–Crippen LogP) is 3.40. The molecule has 0 aromatic heterocycles. The topological polar surface area (TPSA) is 74.2 Å². The van der Waals surface area contributed by atoms with Crippen LogP contribution in [0.2, 0.25) is 0 Å². The van der Waals surface area contributed by atoms with Gasteiger partial charge in [-0.25, -0.2) is 0 Å². The van der Waals surface area contributed by atoms with Gasteiger partial charge in [-0.2, -0.15) is 0 Å². The van der Waals surface area contributed by atoms with Gasteiger partial charge in [-0.1, -0.05) is 6.58 Å². The van der Waals surface area contributed by atoms with Crippen LogP contribution in [0, 0.1) is 0 Å². The maximum Gasteiger partial charge on any atom is 0.178 e. The van der Waals surface area contributed by atoms with Gasteiger partial charge in [0.15, 0.2) is 17.3 Å². The van der Waals surface area contributed by atoms with Crippen molar-refractivity contribution >= 4 is 5.78 Å². The normalized spacial score (nSPS) is 23.9. The van der Waals surface area contributed by atoms with Gasteiger partial charge in [0.25, 0.3) is 0 Å². The Kier molecular flexibility index (Phi) is 3.59. The van der Waals surface area contributed by atoms with Crippen LogP contribution in [0.25, 0.3) is 0 Å². The van der Waals surface area contributed by atoms with Gasteiger partial charge in [0.1, 0.15) is 36.1 Å². The lowest BCUT2D eigenvalue weighted by atomic mass is 9.81. The first-order valence-corrected chi connectivity index (χ1v) is 9.20. The molecule has 28 heavy (non-hydrogen) atoms. The highest BCUT2D eigenvalue weighted by Crippen LogP contribution is 2.49. The number of benzene rings is 2. The average Bonchev–Trinajstić information content (AvgIpc) is 3.12. The molecular formula is C22H20O6. The summed E-state index contributed by atoms with van der Waals surface area (Å²) in [5.74, 6) is 1.54. The summed E-state index contributed by atoms with van der Waals surface area (Å²) >= 11 is 0. The molecule has 5 rings (SSSR count). The van der Waals surface area contributed by atoms with Crippen molar-refractivity contribution in [1.29, 1.82) is 0 Å². The van der Waals surface area contributed by atoms with Crippen molar-refractivity contribution < 1.29 is 28.8 Å². The summed E-state index contributed by atoms with van der Waals surface area (Å²) in [6, 6.07) is 6.72. The number of aromatic hydroxyl groups is 1. The fourth-order valence-corrected chi connectivity index (χ4v) is 4.19. The molecule has 0 saturated heterocycles. The molecule has 1 N–H and O–H groups in total. The minimum atomic E-state index is -0.537. The molecule has 0 spiro atoms. The van der Waals surface area contributed by atoms with Crippen LogP contribution in [-0.2, 0) is 6.42 Å². The zero-order valence-corrected chi connectivity index (χ0v) is 15.7. The Bertz CT molecular complexity index is 1020. The third-order valence-electron chi connectivity index (χ3n) is 5.66. The van der Waals surface area contributed by atoms with Crippen LogP contribution in [0.3, 0.4) is 0 Å². The van der Waals surface area contributed by atoms with E-state index in [1.807, 2.05) is 13.0 Å². The van der Waals surface area contributed by atoms with Crippen molar-refractivity contribution in [2.45, 2.75) is 31.5 Å². The van der Waals surface area contributed by atoms with E-state index in [2.05, 4.69) is 6.58 Å². The van der Waals surface area contributed by atoms with Gasteiger partial charge >= 0.3 is 0 Å². The third kappa shape index (κ3) is 2.30. The van der Waals surface area contributed by atoms with Gasteiger partial charge in [-0.15, -0.1) is 0 Å². The molecule has 0 fully saturated rings. The molecule has 6 nitrogen and oxygen atoms in total. The second kappa shape index (κ2) is 5.92. The van der Waals surface area contributed by atoms with Crippen molar-refractivity contribution in [1.82, 2.24) is 0 Å². The summed E-state index contributed by atoms with van der Waals surface area (Å²) in [6.07, 6.45) is 0.0647. The largest absolute Gasteiger partial charge is 0.504 e. The molecule has 0 saturated carbocycles. The first kappa shape index (κ1) is 17.0. The van der Waals surface area contributed by atoms with Crippen LogP contribution in [0.1, 0.15) is 34.3 Å². The summed E-state index contributed by atoms with van der Waals surface area (Å²) in [4.78, 5) is 13.4. The quantitative estimate of drug-likeness (QED) is 0.805. The highest BCUT2D eigenvalue weighted by atomic mass is 16.5. The highest BCUT2D eigenvalue weighted by Gasteiger charge is 2.45. The molecule has 3 heterocycles. The van der Waals surface area contributed by atoms with Gasteiger partial charge < -0.3 is 24.1 Å². The molecule has 0 radical (unpaired) electrons. The lowest BCUT2D eigenvalue weighted by molar-refractivity contribution is 0.0554. The number of phenolic OH excluding ortho intramolecular Hbond substituents is 1. The van der Waals surface area contributed by atoms with Crippen LogP contribution >= 0.6 is 0 Å². The Balaban J connectivity index is 1.58. The number of Topliss-reactive ketones (excluding diaryl/α,β-unsaturated/α-hetero) is 1. The standard InChI is InChI=1S/C22H20O6/c1-10(2)16-7-13-15(27-16)5-4-11-21(24)20-12-6-14(23)18(25-3)8-17(12)26-9-19(20)28-22(11)13/h4-6,8,16,19-20,23H,1,7,9H2,2-3H3. The zero-order chi connectivity index (χ0) is 19.6. The molecular weight excluding hydrogens is 360 g/mol.